The van der Waals surface area contributed by atoms with Crippen molar-refractivity contribution in [2.75, 3.05) is 6.54 Å². The lowest BCUT2D eigenvalue weighted by Gasteiger charge is -2.41. The molecule has 244 valence electrons. The molecule has 3 heteroatoms. The number of hydrogen-bond donors (Lipinski definition) is 1. The van der Waals surface area contributed by atoms with E-state index in [0.29, 0.717) is 0 Å². The van der Waals surface area contributed by atoms with E-state index >= 15 is 0 Å². The van der Waals surface area contributed by atoms with Crippen LogP contribution in [0.4, 0.5) is 0 Å². The van der Waals surface area contributed by atoms with Crippen molar-refractivity contribution in [1.29, 1.82) is 0 Å². The van der Waals surface area contributed by atoms with Gasteiger partial charge in [0.15, 0.2) is 0 Å². The fourth-order valence-electron chi connectivity index (χ4n) is 9.58. The first-order chi connectivity index (χ1) is 25.3. The summed E-state index contributed by atoms with van der Waals surface area (Å²) in [7, 11) is 0. The summed E-state index contributed by atoms with van der Waals surface area (Å²) < 4.78 is 2.60. The third-order valence-corrected chi connectivity index (χ3v) is 11.8. The maximum atomic E-state index is 3.77. The van der Waals surface area contributed by atoms with Gasteiger partial charge in [0, 0.05) is 41.3 Å². The maximum Gasteiger partial charge on any atom is 0.0751 e. The summed E-state index contributed by atoms with van der Waals surface area (Å²) >= 11 is 0. The van der Waals surface area contributed by atoms with E-state index in [2.05, 4.69) is 179 Å². The molecule has 0 amide bonds. The predicted molar refractivity (Wildman–Crippen MR) is 210 cm³/mol. The Kier molecular flexibility index (Phi) is 6.26. The number of allylic oxidation sites excluding steroid dienone is 4. The van der Waals surface area contributed by atoms with E-state index in [1.165, 1.54) is 83.3 Å². The second-order valence-corrected chi connectivity index (χ2v) is 14.4. The summed E-state index contributed by atoms with van der Waals surface area (Å²) in [5, 5.41) is 6.44. The van der Waals surface area contributed by atoms with E-state index in [1.54, 1.807) is 0 Å². The standard InChI is InChI=1S/C48H37N3/c1-3-14-32(15-4-1)29-49-30-45(33-16-5-2-6-17-33)50-31-46(50)34-26-27-36-35-18-7-9-21-39(35)48(42(36)28-34)40-22-10-12-25-44(40)51-43-24-11-8-19-37(43)38-20-13-23-41(48)47(38)51/h1-11,13-24,26-28,31,45,49H,12,25,29-30H2. The molecule has 3 heterocycles. The molecule has 2 aliphatic heterocycles. The van der Waals surface area contributed by atoms with Crippen LogP contribution in [-0.2, 0) is 12.0 Å². The molecule has 0 saturated heterocycles. The van der Waals surface area contributed by atoms with Crippen LogP contribution in [0.5, 0.6) is 0 Å². The number of benzene rings is 6. The Labute approximate surface area is 298 Å². The van der Waals surface area contributed by atoms with Gasteiger partial charge in [0.25, 0.3) is 0 Å². The Morgan fingerprint density at radius 3 is 2.31 bits per heavy atom. The second kappa shape index (κ2) is 11.1. The molecule has 2 unspecified atom stereocenters. The molecule has 0 saturated carbocycles. The van der Waals surface area contributed by atoms with Crippen LogP contribution in [0.2, 0.25) is 0 Å². The van der Waals surface area contributed by atoms with Crippen molar-refractivity contribution < 1.29 is 0 Å². The molecule has 51 heavy (non-hydrogen) atoms. The van der Waals surface area contributed by atoms with Gasteiger partial charge in [0.2, 0.25) is 0 Å². The fourth-order valence-corrected chi connectivity index (χ4v) is 9.58. The van der Waals surface area contributed by atoms with Gasteiger partial charge < -0.3 is 14.8 Å². The lowest BCUT2D eigenvalue weighted by molar-refractivity contribution is 0.422. The summed E-state index contributed by atoms with van der Waals surface area (Å²) in [6.07, 6.45) is 9.30. The molecule has 1 spiro atoms. The van der Waals surface area contributed by atoms with Crippen LogP contribution in [0.1, 0.15) is 52.3 Å². The number of aromatic nitrogens is 1. The van der Waals surface area contributed by atoms with E-state index in [-0.39, 0.29) is 6.04 Å². The first-order valence-corrected chi connectivity index (χ1v) is 18.3. The SMILES string of the molecule is C1=CC2=C(CC1)n1c3ccccc3c3cccc(c31)C21c2ccccc2-c2ccc(C3=CN3C(CNCc3ccccc3)c3ccccc3)cc21. The lowest BCUT2D eigenvalue weighted by Crippen LogP contribution is -2.34. The van der Waals surface area contributed by atoms with Gasteiger partial charge in [0.05, 0.1) is 28.2 Å². The Morgan fingerprint density at radius 1 is 0.667 bits per heavy atom. The van der Waals surface area contributed by atoms with Crippen molar-refractivity contribution >= 4 is 33.2 Å². The number of fused-ring (bicyclic) bond motifs is 11. The largest absolute Gasteiger partial charge is 0.335 e. The monoisotopic (exact) mass is 655 g/mol. The highest BCUT2D eigenvalue weighted by Crippen LogP contribution is 2.62. The van der Waals surface area contributed by atoms with E-state index in [0.717, 1.165) is 25.9 Å². The van der Waals surface area contributed by atoms with Crippen LogP contribution in [0.25, 0.3) is 44.3 Å². The molecule has 1 aromatic heterocycles. The number of para-hydroxylation sites is 2. The Balaban J connectivity index is 1.06. The third-order valence-electron chi connectivity index (χ3n) is 11.8. The second-order valence-electron chi connectivity index (χ2n) is 14.4. The van der Waals surface area contributed by atoms with Crippen molar-refractivity contribution in [3.8, 4) is 11.1 Å². The summed E-state index contributed by atoms with van der Waals surface area (Å²) in [5.74, 6) is 0. The molecule has 3 nitrogen and oxygen atoms in total. The van der Waals surface area contributed by atoms with Gasteiger partial charge >= 0.3 is 0 Å². The van der Waals surface area contributed by atoms with Gasteiger partial charge in [-0.25, -0.2) is 0 Å². The number of nitrogens with zero attached hydrogens (tertiary/aromatic N) is 2. The van der Waals surface area contributed by atoms with Crippen molar-refractivity contribution in [2.24, 2.45) is 0 Å². The molecule has 11 rings (SSSR count). The highest BCUT2D eigenvalue weighted by molar-refractivity contribution is 6.14. The minimum atomic E-state index is -0.394. The third kappa shape index (κ3) is 4.10. The zero-order chi connectivity index (χ0) is 33.5. The van der Waals surface area contributed by atoms with Crippen LogP contribution >= 0.6 is 0 Å². The Hall–Kier alpha value is -5.90. The van der Waals surface area contributed by atoms with E-state index in [1.807, 2.05) is 0 Å². The molecule has 7 aromatic rings. The molecular weight excluding hydrogens is 619 g/mol. The van der Waals surface area contributed by atoms with E-state index in [4.69, 9.17) is 0 Å². The van der Waals surface area contributed by atoms with Crippen LogP contribution in [-0.4, -0.2) is 16.0 Å². The van der Waals surface area contributed by atoms with Gasteiger partial charge in [0.1, 0.15) is 0 Å². The Morgan fingerprint density at radius 2 is 1.41 bits per heavy atom. The summed E-state index contributed by atoms with van der Waals surface area (Å²) in [5.41, 5.74) is 17.2. The first-order valence-electron chi connectivity index (χ1n) is 18.3. The van der Waals surface area contributed by atoms with Crippen molar-refractivity contribution in [2.45, 2.75) is 30.8 Å². The number of nitrogens with one attached hydrogen (secondary N) is 1. The molecular formula is C48H37N3. The van der Waals surface area contributed by atoms with Crippen molar-refractivity contribution in [3.05, 3.63) is 203 Å². The quantitative estimate of drug-likeness (QED) is 0.184. The van der Waals surface area contributed by atoms with Gasteiger partial charge in [-0.05, 0) is 69.5 Å². The van der Waals surface area contributed by atoms with Gasteiger partial charge in [-0.3, -0.25) is 0 Å². The minimum Gasteiger partial charge on any atom is -0.335 e. The summed E-state index contributed by atoms with van der Waals surface area (Å²) in [4.78, 5) is 2.48. The number of hydrogen-bond acceptors (Lipinski definition) is 2. The zero-order valence-corrected chi connectivity index (χ0v) is 28.4. The smallest absolute Gasteiger partial charge is 0.0751 e. The zero-order valence-electron chi connectivity index (χ0n) is 28.4. The number of rotatable bonds is 7. The van der Waals surface area contributed by atoms with Crippen molar-refractivity contribution in [3.63, 3.8) is 0 Å². The molecule has 0 bridgehead atoms. The normalized spacial score (nSPS) is 18.6. The summed E-state index contributed by atoms with van der Waals surface area (Å²) in [6.45, 7) is 1.70. The van der Waals surface area contributed by atoms with Crippen molar-refractivity contribution in [1.82, 2.24) is 14.8 Å². The molecule has 2 atom stereocenters. The molecule has 0 radical (unpaired) electrons. The van der Waals surface area contributed by atoms with Crippen LogP contribution in [0, 0.1) is 0 Å². The van der Waals surface area contributed by atoms with Gasteiger partial charge in [-0.1, -0.05) is 146 Å². The molecule has 4 aliphatic rings. The highest BCUT2D eigenvalue weighted by atomic mass is 15.3. The molecule has 0 fully saturated rings. The highest BCUT2D eigenvalue weighted by Gasteiger charge is 2.52. The predicted octanol–water partition coefficient (Wildman–Crippen LogP) is 10.8. The van der Waals surface area contributed by atoms with Crippen LogP contribution in [0.3, 0.4) is 0 Å². The maximum absolute atomic E-state index is 3.77. The lowest BCUT2D eigenvalue weighted by atomic mass is 9.63. The Bertz CT molecular complexity index is 2620. The topological polar surface area (TPSA) is 20.0 Å². The fraction of sp³-hybridized carbons (Fsp3) is 0.125. The molecule has 2 aliphatic carbocycles. The van der Waals surface area contributed by atoms with Crippen LogP contribution in [0.15, 0.2) is 170 Å². The molecule has 1 N–H and O–H groups in total. The van der Waals surface area contributed by atoms with Gasteiger partial charge in [-0.15, -0.1) is 0 Å². The summed E-state index contributed by atoms with van der Waals surface area (Å²) in [6, 6.07) is 54.3. The van der Waals surface area contributed by atoms with Gasteiger partial charge in [-0.2, -0.15) is 0 Å². The minimum absolute atomic E-state index is 0.207. The van der Waals surface area contributed by atoms with E-state index in [9.17, 15) is 0 Å². The van der Waals surface area contributed by atoms with Crippen LogP contribution < -0.4 is 5.32 Å². The molecule has 6 aromatic carbocycles. The average molecular weight is 656 g/mol. The first kappa shape index (κ1) is 28.9. The van der Waals surface area contributed by atoms with E-state index < -0.39 is 5.41 Å². The average Bonchev–Trinajstić information content (AvgIpc) is 3.84.